The van der Waals surface area contributed by atoms with Crippen molar-refractivity contribution in [3.8, 4) is 0 Å². The van der Waals surface area contributed by atoms with Gasteiger partial charge in [-0.2, -0.15) is 0 Å². The summed E-state index contributed by atoms with van der Waals surface area (Å²) in [6.45, 7) is 3.89. The zero-order chi connectivity index (χ0) is 14.6. The highest BCUT2D eigenvalue weighted by molar-refractivity contribution is 7.89. The van der Waals surface area contributed by atoms with Crippen LogP contribution in [0.5, 0.6) is 0 Å². The van der Waals surface area contributed by atoms with Crippen LogP contribution in [0.3, 0.4) is 0 Å². The maximum absolute atomic E-state index is 12.5. The molecule has 0 radical (unpaired) electrons. The molecule has 2 atom stereocenters. The van der Waals surface area contributed by atoms with Crippen molar-refractivity contribution in [2.75, 3.05) is 31.9 Å². The van der Waals surface area contributed by atoms with Gasteiger partial charge in [0.15, 0.2) is 0 Å². The molecule has 1 aliphatic carbocycles. The van der Waals surface area contributed by atoms with Gasteiger partial charge in [-0.15, -0.1) is 12.4 Å². The van der Waals surface area contributed by atoms with Gasteiger partial charge in [0.2, 0.25) is 15.9 Å². The van der Waals surface area contributed by atoms with E-state index in [4.69, 9.17) is 0 Å². The number of sulfonamides is 1. The standard InChI is InChI=1S/C13H25N3O3S.ClH/c1-2-20(18,19)16-8-7-15-12(17)13-6-4-3-5-11(13)9-14-10-13;/h11,14,16H,2-10H2,1H3,(H,15,17);1H/t11-,13+;/m0./s1. The first-order valence-corrected chi connectivity index (χ1v) is 9.12. The summed E-state index contributed by atoms with van der Waals surface area (Å²) < 4.78 is 25.1. The summed E-state index contributed by atoms with van der Waals surface area (Å²) in [5.74, 6) is 0.586. The molecule has 2 fully saturated rings. The van der Waals surface area contributed by atoms with E-state index in [0.717, 1.165) is 32.4 Å². The molecule has 6 nitrogen and oxygen atoms in total. The third-order valence-electron chi connectivity index (χ3n) is 4.60. The number of rotatable bonds is 6. The highest BCUT2D eigenvalue weighted by atomic mass is 35.5. The molecule has 1 aliphatic heterocycles. The average molecular weight is 340 g/mol. The fourth-order valence-corrected chi connectivity index (χ4v) is 3.97. The molecule has 1 saturated heterocycles. The van der Waals surface area contributed by atoms with Crippen LogP contribution in [0.1, 0.15) is 32.6 Å². The highest BCUT2D eigenvalue weighted by Gasteiger charge is 2.49. The van der Waals surface area contributed by atoms with Crippen LogP contribution in [0.15, 0.2) is 0 Å². The van der Waals surface area contributed by atoms with E-state index in [9.17, 15) is 13.2 Å². The lowest BCUT2D eigenvalue weighted by Gasteiger charge is -2.37. The van der Waals surface area contributed by atoms with E-state index in [0.29, 0.717) is 12.5 Å². The molecule has 21 heavy (non-hydrogen) atoms. The molecule has 0 aromatic heterocycles. The fourth-order valence-electron chi connectivity index (χ4n) is 3.35. The van der Waals surface area contributed by atoms with E-state index < -0.39 is 10.0 Å². The van der Waals surface area contributed by atoms with Crippen molar-refractivity contribution in [1.29, 1.82) is 0 Å². The van der Waals surface area contributed by atoms with Gasteiger partial charge in [-0.25, -0.2) is 13.1 Å². The summed E-state index contributed by atoms with van der Waals surface area (Å²) >= 11 is 0. The predicted molar refractivity (Wildman–Crippen MR) is 85.0 cm³/mol. The molecule has 2 aliphatic rings. The Hall–Kier alpha value is -0.370. The van der Waals surface area contributed by atoms with Crippen molar-refractivity contribution >= 4 is 28.3 Å². The Bertz CT molecular complexity index is 458. The van der Waals surface area contributed by atoms with Gasteiger partial charge in [0, 0.05) is 19.6 Å². The summed E-state index contributed by atoms with van der Waals surface area (Å²) in [7, 11) is -3.18. The second kappa shape index (κ2) is 7.76. The van der Waals surface area contributed by atoms with E-state index in [1.165, 1.54) is 6.42 Å². The van der Waals surface area contributed by atoms with Crippen molar-refractivity contribution in [2.45, 2.75) is 32.6 Å². The summed E-state index contributed by atoms with van der Waals surface area (Å²) in [6.07, 6.45) is 4.37. The molecule has 3 N–H and O–H groups in total. The van der Waals surface area contributed by atoms with Crippen LogP contribution in [0.4, 0.5) is 0 Å². The quantitative estimate of drug-likeness (QED) is 0.605. The molecule has 0 aromatic rings. The van der Waals surface area contributed by atoms with E-state index in [1.807, 2.05) is 0 Å². The number of nitrogens with one attached hydrogen (secondary N) is 3. The number of fused-ring (bicyclic) bond motifs is 1. The third kappa shape index (κ3) is 4.31. The first-order valence-electron chi connectivity index (χ1n) is 7.46. The lowest BCUT2D eigenvalue weighted by atomic mass is 9.67. The highest BCUT2D eigenvalue weighted by Crippen LogP contribution is 2.43. The summed E-state index contributed by atoms with van der Waals surface area (Å²) in [4.78, 5) is 12.5. The van der Waals surface area contributed by atoms with E-state index in [-0.39, 0.29) is 36.0 Å². The van der Waals surface area contributed by atoms with Crippen LogP contribution in [-0.4, -0.2) is 46.3 Å². The average Bonchev–Trinajstić information content (AvgIpc) is 2.88. The van der Waals surface area contributed by atoms with Gasteiger partial charge in [0.05, 0.1) is 11.2 Å². The lowest BCUT2D eigenvalue weighted by molar-refractivity contribution is -0.133. The molecule has 124 valence electrons. The lowest BCUT2D eigenvalue weighted by Crippen LogP contribution is -2.49. The zero-order valence-electron chi connectivity index (χ0n) is 12.5. The summed E-state index contributed by atoms with van der Waals surface area (Å²) in [5, 5.41) is 6.24. The van der Waals surface area contributed by atoms with Crippen molar-refractivity contribution in [3.63, 3.8) is 0 Å². The SMILES string of the molecule is CCS(=O)(=O)NCCNC(=O)[C@@]12CCCC[C@H]1CNC2.Cl. The predicted octanol–water partition coefficient (Wildman–Crippen LogP) is 0.244. The van der Waals surface area contributed by atoms with Gasteiger partial charge in [0.1, 0.15) is 0 Å². The minimum Gasteiger partial charge on any atom is -0.354 e. The molecular weight excluding hydrogens is 314 g/mol. The third-order valence-corrected chi connectivity index (χ3v) is 6.01. The monoisotopic (exact) mass is 339 g/mol. The summed E-state index contributed by atoms with van der Waals surface area (Å²) in [5.41, 5.74) is -0.262. The van der Waals surface area contributed by atoms with Gasteiger partial charge < -0.3 is 10.6 Å². The number of amides is 1. The first-order chi connectivity index (χ1) is 9.50. The maximum atomic E-state index is 12.5. The Kier molecular flexibility index (Phi) is 6.90. The number of halogens is 1. The Labute approximate surface area is 133 Å². The Morgan fingerprint density at radius 1 is 1.33 bits per heavy atom. The fraction of sp³-hybridized carbons (Fsp3) is 0.923. The Morgan fingerprint density at radius 2 is 2.10 bits per heavy atom. The van der Waals surface area contributed by atoms with Gasteiger partial charge in [-0.3, -0.25) is 4.79 Å². The van der Waals surface area contributed by atoms with Crippen molar-refractivity contribution < 1.29 is 13.2 Å². The molecule has 1 amide bonds. The van der Waals surface area contributed by atoms with Crippen LogP contribution in [0.25, 0.3) is 0 Å². The largest absolute Gasteiger partial charge is 0.354 e. The first kappa shape index (κ1) is 18.7. The van der Waals surface area contributed by atoms with Gasteiger partial charge in [-0.1, -0.05) is 12.8 Å². The molecular formula is C13H26ClN3O3S. The molecule has 0 unspecified atom stereocenters. The number of hydrogen-bond acceptors (Lipinski definition) is 4. The minimum atomic E-state index is -3.18. The molecule has 1 heterocycles. The van der Waals surface area contributed by atoms with E-state index in [1.54, 1.807) is 6.92 Å². The van der Waals surface area contributed by atoms with Crippen LogP contribution in [-0.2, 0) is 14.8 Å². The Balaban J connectivity index is 0.00000220. The van der Waals surface area contributed by atoms with Crippen LogP contribution >= 0.6 is 12.4 Å². The van der Waals surface area contributed by atoms with Crippen molar-refractivity contribution in [3.05, 3.63) is 0 Å². The van der Waals surface area contributed by atoms with Gasteiger partial charge in [0.25, 0.3) is 0 Å². The van der Waals surface area contributed by atoms with Gasteiger partial charge >= 0.3 is 0 Å². The molecule has 0 aromatic carbocycles. The van der Waals surface area contributed by atoms with Crippen LogP contribution in [0, 0.1) is 11.3 Å². The molecule has 2 rings (SSSR count). The second-order valence-corrected chi connectivity index (χ2v) is 7.88. The second-order valence-electron chi connectivity index (χ2n) is 5.78. The van der Waals surface area contributed by atoms with Crippen molar-refractivity contribution in [2.24, 2.45) is 11.3 Å². The zero-order valence-corrected chi connectivity index (χ0v) is 14.1. The molecule has 8 heteroatoms. The molecule has 0 bridgehead atoms. The number of hydrogen-bond donors (Lipinski definition) is 3. The molecule has 0 spiro atoms. The normalized spacial score (nSPS) is 28.5. The topological polar surface area (TPSA) is 87.3 Å². The number of carbonyl (C=O) groups is 1. The smallest absolute Gasteiger partial charge is 0.227 e. The van der Waals surface area contributed by atoms with Crippen molar-refractivity contribution in [1.82, 2.24) is 15.4 Å². The molecule has 1 saturated carbocycles. The van der Waals surface area contributed by atoms with Crippen LogP contribution in [0.2, 0.25) is 0 Å². The van der Waals surface area contributed by atoms with E-state index >= 15 is 0 Å². The minimum absolute atomic E-state index is 0. The van der Waals surface area contributed by atoms with Gasteiger partial charge in [-0.05, 0) is 32.2 Å². The number of carbonyl (C=O) groups excluding carboxylic acids is 1. The maximum Gasteiger partial charge on any atom is 0.227 e. The van der Waals surface area contributed by atoms with Crippen LogP contribution < -0.4 is 15.4 Å². The van der Waals surface area contributed by atoms with E-state index in [2.05, 4.69) is 15.4 Å². The Morgan fingerprint density at radius 3 is 2.81 bits per heavy atom. The summed E-state index contributed by atoms with van der Waals surface area (Å²) in [6, 6.07) is 0.